The van der Waals surface area contributed by atoms with Crippen LogP contribution in [-0.4, -0.2) is 41.8 Å². The Bertz CT molecular complexity index is 498. The van der Waals surface area contributed by atoms with E-state index < -0.39 is 0 Å². The molecule has 0 spiro atoms. The Kier molecular flexibility index (Phi) is 5.52. The molecule has 1 aromatic rings. The minimum absolute atomic E-state index is 0.103. The molecule has 0 amide bonds. The van der Waals surface area contributed by atoms with Gasteiger partial charge in [-0.05, 0) is 13.3 Å². The van der Waals surface area contributed by atoms with E-state index in [0.29, 0.717) is 19.4 Å². The average Bonchev–Trinajstić information content (AvgIpc) is 3.11. The van der Waals surface area contributed by atoms with Gasteiger partial charge in [0.05, 0.1) is 31.6 Å². The molecule has 1 N–H and O–H groups in total. The van der Waals surface area contributed by atoms with Crippen molar-refractivity contribution in [2.75, 3.05) is 20.3 Å². The van der Waals surface area contributed by atoms with Gasteiger partial charge in [-0.25, -0.2) is 4.98 Å². The Morgan fingerprint density at radius 1 is 1.67 bits per heavy atom. The minimum Gasteiger partial charge on any atom is -0.469 e. The van der Waals surface area contributed by atoms with E-state index in [1.165, 1.54) is 12.7 Å². The summed E-state index contributed by atoms with van der Waals surface area (Å²) in [7, 11) is 1.39. The molecule has 1 fully saturated rings. The molecule has 116 valence electrons. The highest BCUT2D eigenvalue weighted by Gasteiger charge is 2.28. The number of carbonyl (C=O) groups is 1. The fourth-order valence-corrected chi connectivity index (χ4v) is 2.49. The second kappa shape index (κ2) is 7.38. The van der Waals surface area contributed by atoms with E-state index in [2.05, 4.69) is 21.6 Å². The van der Waals surface area contributed by atoms with Crippen molar-refractivity contribution in [3.63, 3.8) is 0 Å². The number of ether oxygens (including phenoxy) is 2. The maximum atomic E-state index is 11.2. The lowest BCUT2D eigenvalue weighted by Gasteiger charge is -2.24. The van der Waals surface area contributed by atoms with Gasteiger partial charge in [0.1, 0.15) is 6.23 Å². The molecule has 0 bridgehead atoms. The second-order valence-electron chi connectivity index (χ2n) is 5.18. The van der Waals surface area contributed by atoms with Crippen LogP contribution >= 0.6 is 0 Å². The molecule has 2 atom stereocenters. The van der Waals surface area contributed by atoms with Gasteiger partial charge in [0.2, 0.25) is 0 Å². The first kappa shape index (κ1) is 15.7. The van der Waals surface area contributed by atoms with Crippen LogP contribution < -0.4 is 5.32 Å². The van der Waals surface area contributed by atoms with E-state index in [1.54, 1.807) is 6.33 Å². The van der Waals surface area contributed by atoms with Gasteiger partial charge in [-0.2, -0.15) is 0 Å². The third-order valence-corrected chi connectivity index (χ3v) is 3.57. The average molecular weight is 293 g/mol. The fraction of sp³-hybridized carbons (Fsp3) is 0.600. The molecule has 1 aliphatic heterocycles. The molecular formula is C15H23N3O3. The van der Waals surface area contributed by atoms with Crippen LogP contribution in [0.5, 0.6) is 0 Å². The van der Waals surface area contributed by atoms with Gasteiger partial charge >= 0.3 is 5.97 Å². The van der Waals surface area contributed by atoms with Gasteiger partial charge in [0.25, 0.3) is 0 Å². The summed E-state index contributed by atoms with van der Waals surface area (Å²) in [6.07, 6.45) is 5.41. The molecule has 6 heteroatoms. The van der Waals surface area contributed by atoms with Crippen LogP contribution in [0.3, 0.4) is 0 Å². The number of aromatic nitrogens is 2. The minimum atomic E-state index is -0.223. The quantitative estimate of drug-likeness (QED) is 0.609. The largest absolute Gasteiger partial charge is 0.469 e. The predicted molar refractivity (Wildman–Crippen MR) is 78.8 cm³/mol. The lowest BCUT2D eigenvalue weighted by atomic mass is 10.1. The van der Waals surface area contributed by atoms with Crippen LogP contribution in [-0.2, 0) is 20.7 Å². The molecule has 1 saturated heterocycles. The van der Waals surface area contributed by atoms with Crippen molar-refractivity contribution < 1.29 is 14.3 Å². The van der Waals surface area contributed by atoms with Crippen LogP contribution in [0, 0.1) is 0 Å². The number of imidazole rings is 1. The third kappa shape index (κ3) is 4.15. The number of nitrogens with zero attached hydrogens (tertiary/aromatic N) is 2. The molecule has 2 heterocycles. The highest BCUT2D eigenvalue weighted by atomic mass is 16.5. The Hall–Kier alpha value is -1.66. The third-order valence-electron chi connectivity index (χ3n) is 3.57. The highest BCUT2D eigenvalue weighted by molar-refractivity contribution is 5.69. The van der Waals surface area contributed by atoms with Crippen LogP contribution in [0.15, 0.2) is 24.7 Å². The zero-order valence-electron chi connectivity index (χ0n) is 12.7. The Morgan fingerprint density at radius 3 is 3.10 bits per heavy atom. The zero-order chi connectivity index (χ0) is 15.2. The van der Waals surface area contributed by atoms with Crippen LogP contribution in [0.1, 0.15) is 31.7 Å². The Morgan fingerprint density at radius 2 is 2.48 bits per heavy atom. The Labute approximate surface area is 125 Å². The molecule has 2 rings (SSSR count). The lowest BCUT2D eigenvalue weighted by molar-refractivity contribution is -0.140. The molecule has 0 radical (unpaired) electrons. The zero-order valence-corrected chi connectivity index (χ0v) is 12.7. The SMILES string of the molecule is C=C1CN[C@H](C(OCC)n2cnc(CCC(=O)OC)c2)C1. The lowest BCUT2D eigenvalue weighted by Crippen LogP contribution is -2.33. The van der Waals surface area contributed by atoms with Crippen molar-refractivity contribution in [2.24, 2.45) is 0 Å². The van der Waals surface area contributed by atoms with Crippen molar-refractivity contribution in [3.05, 3.63) is 30.4 Å². The summed E-state index contributed by atoms with van der Waals surface area (Å²) >= 11 is 0. The van der Waals surface area contributed by atoms with Crippen LogP contribution in [0.2, 0.25) is 0 Å². The first-order valence-electron chi connectivity index (χ1n) is 7.24. The van der Waals surface area contributed by atoms with Crippen LogP contribution in [0.4, 0.5) is 0 Å². The molecule has 0 aliphatic carbocycles. The molecule has 0 saturated carbocycles. The van der Waals surface area contributed by atoms with E-state index in [4.69, 9.17) is 4.74 Å². The summed E-state index contributed by atoms with van der Waals surface area (Å²) in [5.41, 5.74) is 2.05. The molecule has 1 aliphatic rings. The number of carbonyl (C=O) groups excluding carboxylic acids is 1. The van der Waals surface area contributed by atoms with Gasteiger partial charge in [-0.3, -0.25) is 4.79 Å². The van der Waals surface area contributed by atoms with E-state index >= 15 is 0 Å². The fourth-order valence-electron chi connectivity index (χ4n) is 2.49. The maximum Gasteiger partial charge on any atom is 0.305 e. The van der Waals surface area contributed by atoms with Gasteiger partial charge < -0.3 is 19.4 Å². The topological polar surface area (TPSA) is 65.4 Å². The second-order valence-corrected chi connectivity index (χ2v) is 5.18. The van der Waals surface area contributed by atoms with Gasteiger partial charge in [0.15, 0.2) is 0 Å². The van der Waals surface area contributed by atoms with E-state index in [1.807, 2.05) is 17.7 Å². The van der Waals surface area contributed by atoms with Gasteiger partial charge in [-0.15, -0.1) is 0 Å². The normalized spacial score (nSPS) is 19.7. The molecule has 1 aromatic heterocycles. The van der Waals surface area contributed by atoms with E-state index in [9.17, 15) is 4.79 Å². The smallest absolute Gasteiger partial charge is 0.305 e. The van der Waals surface area contributed by atoms with E-state index in [0.717, 1.165) is 18.7 Å². The molecular weight excluding hydrogens is 270 g/mol. The first-order valence-corrected chi connectivity index (χ1v) is 7.24. The predicted octanol–water partition coefficient (Wildman–Crippen LogP) is 1.44. The number of methoxy groups -OCH3 is 1. The number of esters is 1. The standard InChI is InChI=1S/C15H23N3O3/c1-4-21-15(13-7-11(2)8-16-13)18-9-12(17-10-18)5-6-14(19)20-3/h9-10,13,15-16H,2,4-8H2,1,3H3/t13-,15?/m0/s1. The van der Waals surface area contributed by atoms with Crippen molar-refractivity contribution in [2.45, 2.75) is 38.5 Å². The Balaban J connectivity index is 2.01. The van der Waals surface area contributed by atoms with E-state index in [-0.39, 0.29) is 18.2 Å². The van der Waals surface area contributed by atoms with Crippen molar-refractivity contribution in [1.29, 1.82) is 0 Å². The highest BCUT2D eigenvalue weighted by Crippen LogP contribution is 2.24. The van der Waals surface area contributed by atoms with Gasteiger partial charge in [-0.1, -0.05) is 12.2 Å². The van der Waals surface area contributed by atoms with Gasteiger partial charge in [0, 0.05) is 25.8 Å². The summed E-state index contributed by atoms with van der Waals surface area (Å²) in [5.74, 6) is -0.223. The monoisotopic (exact) mass is 293 g/mol. The summed E-state index contributed by atoms with van der Waals surface area (Å²) in [5, 5.41) is 3.41. The number of nitrogens with one attached hydrogen (secondary N) is 1. The number of aryl methyl sites for hydroxylation is 1. The molecule has 6 nitrogen and oxygen atoms in total. The number of hydrogen-bond acceptors (Lipinski definition) is 5. The first-order chi connectivity index (χ1) is 10.1. The number of hydrogen-bond donors (Lipinski definition) is 1. The summed E-state index contributed by atoms with van der Waals surface area (Å²) < 4.78 is 12.5. The number of rotatable bonds is 7. The summed E-state index contributed by atoms with van der Waals surface area (Å²) in [4.78, 5) is 15.5. The van der Waals surface area contributed by atoms with Crippen molar-refractivity contribution >= 4 is 5.97 Å². The molecule has 1 unspecified atom stereocenters. The molecule has 0 aromatic carbocycles. The maximum absolute atomic E-state index is 11.2. The summed E-state index contributed by atoms with van der Waals surface area (Å²) in [6, 6.07) is 0.208. The summed E-state index contributed by atoms with van der Waals surface area (Å²) in [6.45, 7) is 7.45. The van der Waals surface area contributed by atoms with Crippen molar-refractivity contribution in [1.82, 2.24) is 14.9 Å². The molecule has 21 heavy (non-hydrogen) atoms. The van der Waals surface area contributed by atoms with Crippen LogP contribution in [0.25, 0.3) is 0 Å². The van der Waals surface area contributed by atoms with Crippen molar-refractivity contribution in [3.8, 4) is 0 Å².